The lowest BCUT2D eigenvalue weighted by atomic mass is 9.70. The van der Waals surface area contributed by atoms with Gasteiger partial charge in [-0.1, -0.05) is 32.3 Å². The molecule has 0 atom stereocenters. The summed E-state index contributed by atoms with van der Waals surface area (Å²) in [6, 6.07) is 5.39. The summed E-state index contributed by atoms with van der Waals surface area (Å²) in [5.41, 5.74) is 1.39. The number of ether oxygens (including phenoxy) is 1. The highest BCUT2D eigenvalue weighted by Gasteiger charge is 2.31. The highest BCUT2D eigenvalue weighted by atomic mass is 19.1. The standard InChI is InChI=1S/C17H26FNO/c1-3-19-13-17(9-5-4-6-10-17)12-14-7-8-16(20-2)15(18)11-14/h7-8,11,19H,3-6,9-10,12-13H2,1-2H3. The Morgan fingerprint density at radius 2 is 2.00 bits per heavy atom. The molecule has 112 valence electrons. The molecular weight excluding hydrogens is 253 g/mol. The predicted molar refractivity (Wildman–Crippen MR) is 80.7 cm³/mol. The van der Waals surface area contributed by atoms with Crippen molar-refractivity contribution in [2.24, 2.45) is 5.41 Å². The maximum atomic E-state index is 13.8. The molecule has 1 aromatic carbocycles. The quantitative estimate of drug-likeness (QED) is 0.851. The monoisotopic (exact) mass is 279 g/mol. The van der Waals surface area contributed by atoms with E-state index in [1.165, 1.54) is 39.2 Å². The molecule has 0 amide bonds. The van der Waals surface area contributed by atoms with Gasteiger partial charge in [0.25, 0.3) is 0 Å². The summed E-state index contributed by atoms with van der Waals surface area (Å²) in [6.45, 7) is 4.18. The lowest BCUT2D eigenvalue weighted by Gasteiger charge is -2.38. The third-order valence-electron chi connectivity index (χ3n) is 4.46. The van der Waals surface area contributed by atoms with Crippen molar-refractivity contribution in [1.29, 1.82) is 0 Å². The van der Waals surface area contributed by atoms with Crippen molar-refractivity contribution in [3.63, 3.8) is 0 Å². The third kappa shape index (κ3) is 3.72. The van der Waals surface area contributed by atoms with E-state index in [4.69, 9.17) is 4.74 Å². The summed E-state index contributed by atoms with van der Waals surface area (Å²) in [4.78, 5) is 0. The van der Waals surface area contributed by atoms with Gasteiger partial charge in [0, 0.05) is 6.54 Å². The second kappa shape index (κ2) is 7.07. The fourth-order valence-electron chi connectivity index (χ4n) is 3.36. The van der Waals surface area contributed by atoms with E-state index >= 15 is 0 Å². The molecule has 2 nitrogen and oxygen atoms in total. The Hall–Kier alpha value is -1.09. The van der Waals surface area contributed by atoms with Crippen LogP contribution in [0.15, 0.2) is 18.2 Å². The summed E-state index contributed by atoms with van der Waals surface area (Å²) in [5.74, 6) is 0.0811. The second-order valence-electron chi connectivity index (χ2n) is 5.99. The first kappa shape index (κ1) is 15.3. The van der Waals surface area contributed by atoms with Crippen LogP contribution in [0.1, 0.15) is 44.6 Å². The van der Waals surface area contributed by atoms with Gasteiger partial charge in [-0.15, -0.1) is 0 Å². The number of methoxy groups -OCH3 is 1. The van der Waals surface area contributed by atoms with Gasteiger partial charge >= 0.3 is 0 Å². The van der Waals surface area contributed by atoms with Crippen LogP contribution >= 0.6 is 0 Å². The molecule has 0 aromatic heterocycles. The van der Waals surface area contributed by atoms with Gasteiger partial charge in [-0.05, 0) is 48.9 Å². The van der Waals surface area contributed by atoms with E-state index in [1.807, 2.05) is 6.07 Å². The van der Waals surface area contributed by atoms with Crippen molar-refractivity contribution < 1.29 is 9.13 Å². The molecule has 1 aliphatic rings. The molecule has 0 spiro atoms. The average Bonchev–Trinajstić information content (AvgIpc) is 2.46. The Bertz CT molecular complexity index is 427. The van der Waals surface area contributed by atoms with Crippen LogP contribution in [0.3, 0.4) is 0 Å². The summed E-state index contributed by atoms with van der Waals surface area (Å²) in [7, 11) is 1.51. The van der Waals surface area contributed by atoms with Crippen molar-refractivity contribution in [1.82, 2.24) is 5.32 Å². The van der Waals surface area contributed by atoms with Crippen LogP contribution in [-0.4, -0.2) is 20.2 Å². The minimum Gasteiger partial charge on any atom is -0.494 e. The second-order valence-corrected chi connectivity index (χ2v) is 5.99. The number of rotatable bonds is 6. The van der Waals surface area contributed by atoms with Gasteiger partial charge in [-0.3, -0.25) is 0 Å². The van der Waals surface area contributed by atoms with Gasteiger partial charge in [0.05, 0.1) is 7.11 Å². The van der Waals surface area contributed by atoms with E-state index in [0.717, 1.165) is 25.1 Å². The van der Waals surface area contributed by atoms with E-state index in [1.54, 1.807) is 12.1 Å². The normalized spacial score (nSPS) is 17.9. The summed E-state index contributed by atoms with van der Waals surface area (Å²) >= 11 is 0. The molecule has 0 saturated heterocycles. The molecule has 2 rings (SSSR count). The SMILES string of the molecule is CCNCC1(Cc2ccc(OC)c(F)c2)CCCCC1. The number of nitrogens with one attached hydrogen (secondary N) is 1. The van der Waals surface area contributed by atoms with Crippen molar-refractivity contribution >= 4 is 0 Å². The number of benzene rings is 1. The molecule has 3 heteroatoms. The number of hydrogen-bond acceptors (Lipinski definition) is 2. The van der Waals surface area contributed by atoms with Crippen molar-refractivity contribution in [3.05, 3.63) is 29.6 Å². The molecule has 1 N–H and O–H groups in total. The van der Waals surface area contributed by atoms with Gasteiger partial charge < -0.3 is 10.1 Å². The zero-order chi connectivity index (χ0) is 14.4. The van der Waals surface area contributed by atoms with E-state index < -0.39 is 0 Å². The van der Waals surface area contributed by atoms with Crippen LogP contribution in [0.4, 0.5) is 4.39 Å². The van der Waals surface area contributed by atoms with E-state index in [2.05, 4.69) is 12.2 Å². The fourth-order valence-corrected chi connectivity index (χ4v) is 3.36. The molecule has 0 radical (unpaired) electrons. The zero-order valence-electron chi connectivity index (χ0n) is 12.7. The minimum absolute atomic E-state index is 0.251. The molecule has 1 aromatic rings. The predicted octanol–water partition coefficient (Wildman–Crippen LogP) is 3.94. The van der Waals surface area contributed by atoms with Crippen molar-refractivity contribution in [3.8, 4) is 5.75 Å². The van der Waals surface area contributed by atoms with Crippen LogP contribution in [0.5, 0.6) is 5.75 Å². The number of hydrogen-bond donors (Lipinski definition) is 1. The van der Waals surface area contributed by atoms with Gasteiger partial charge in [0.2, 0.25) is 0 Å². The van der Waals surface area contributed by atoms with Crippen LogP contribution in [0.2, 0.25) is 0 Å². The van der Waals surface area contributed by atoms with Crippen molar-refractivity contribution in [2.45, 2.75) is 45.4 Å². The van der Waals surface area contributed by atoms with E-state index in [9.17, 15) is 4.39 Å². The molecular formula is C17H26FNO. The molecule has 1 fully saturated rings. The summed E-state index contributed by atoms with van der Waals surface area (Å²) in [6.07, 6.45) is 7.38. The Kier molecular flexibility index (Phi) is 5.41. The lowest BCUT2D eigenvalue weighted by molar-refractivity contribution is 0.182. The smallest absolute Gasteiger partial charge is 0.165 e. The first-order valence-corrected chi connectivity index (χ1v) is 7.72. The molecule has 1 saturated carbocycles. The molecule has 0 unspecified atom stereocenters. The molecule has 0 bridgehead atoms. The Balaban J connectivity index is 2.12. The zero-order valence-corrected chi connectivity index (χ0v) is 12.7. The average molecular weight is 279 g/mol. The highest BCUT2D eigenvalue weighted by Crippen LogP contribution is 2.39. The van der Waals surface area contributed by atoms with Crippen LogP contribution in [-0.2, 0) is 6.42 Å². The first-order chi connectivity index (χ1) is 9.69. The van der Waals surface area contributed by atoms with Crippen LogP contribution in [0, 0.1) is 11.2 Å². The summed E-state index contributed by atoms with van der Waals surface area (Å²) < 4.78 is 18.8. The topological polar surface area (TPSA) is 21.3 Å². The maximum Gasteiger partial charge on any atom is 0.165 e. The minimum atomic E-state index is -0.251. The molecule has 0 heterocycles. The van der Waals surface area contributed by atoms with Crippen molar-refractivity contribution in [2.75, 3.05) is 20.2 Å². The fraction of sp³-hybridized carbons (Fsp3) is 0.647. The third-order valence-corrected chi connectivity index (χ3v) is 4.46. The lowest BCUT2D eigenvalue weighted by Crippen LogP contribution is -2.38. The Labute approximate surface area is 121 Å². The largest absolute Gasteiger partial charge is 0.494 e. The van der Waals surface area contributed by atoms with Crippen LogP contribution in [0.25, 0.3) is 0 Å². The van der Waals surface area contributed by atoms with Gasteiger partial charge in [0.1, 0.15) is 0 Å². The molecule has 1 aliphatic carbocycles. The van der Waals surface area contributed by atoms with Gasteiger partial charge in [-0.2, -0.15) is 0 Å². The molecule has 0 aliphatic heterocycles. The maximum absolute atomic E-state index is 13.8. The van der Waals surface area contributed by atoms with Gasteiger partial charge in [-0.25, -0.2) is 4.39 Å². The Morgan fingerprint density at radius 1 is 1.25 bits per heavy atom. The van der Waals surface area contributed by atoms with Gasteiger partial charge in [0.15, 0.2) is 11.6 Å². The highest BCUT2D eigenvalue weighted by molar-refractivity contribution is 5.30. The molecule has 20 heavy (non-hydrogen) atoms. The number of halogens is 1. The van der Waals surface area contributed by atoms with Crippen LogP contribution < -0.4 is 10.1 Å². The first-order valence-electron chi connectivity index (χ1n) is 7.72. The Morgan fingerprint density at radius 3 is 2.60 bits per heavy atom. The summed E-state index contributed by atoms with van der Waals surface area (Å²) in [5, 5.41) is 3.50. The van der Waals surface area contributed by atoms with E-state index in [0.29, 0.717) is 11.2 Å². The van der Waals surface area contributed by atoms with E-state index in [-0.39, 0.29) is 5.82 Å².